The van der Waals surface area contributed by atoms with Crippen molar-refractivity contribution in [1.82, 2.24) is 0 Å². The van der Waals surface area contributed by atoms with Crippen LogP contribution in [-0.2, 0) is 4.74 Å². The predicted molar refractivity (Wildman–Crippen MR) is 52.6 cm³/mol. The van der Waals surface area contributed by atoms with Gasteiger partial charge >= 0.3 is 6.16 Å². The molecule has 13 heavy (non-hydrogen) atoms. The van der Waals surface area contributed by atoms with Gasteiger partial charge in [0.2, 0.25) is 0 Å². The molecule has 1 N–H and O–H groups in total. The molecule has 0 aromatic rings. The summed E-state index contributed by atoms with van der Waals surface area (Å²) in [6.45, 7) is 4.03. The molecular weight excluding hydrogens is 168 g/mol. The number of hydrogen-bond acceptors (Lipinski definition) is 2. The first-order valence-electron chi connectivity index (χ1n) is 4.48. The standard InChI is InChI=1S/C7H12.C3H6O3/c1-3-5-7-6-4-2;1-2-6-3(4)5/h1H,4-7H2,2H3;2H2,1H3,(H,4,5). The summed E-state index contributed by atoms with van der Waals surface area (Å²) in [7, 11) is 0. The molecule has 0 radical (unpaired) electrons. The van der Waals surface area contributed by atoms with Crippen LogP contribution in [0.2, 0.25) is 0 Å². The highest BCUT2D eigenvalue weighted by Crippen LogP contribution is 1.95. The van der Waals surface area contributed by atoms with E-state index in [9.17, 15) is 4.79 Å². The molecule has 0 saturated heterocycles. The number of rotatable bonds is 4. The van der Waals surface area contributed by atoms with E-state index in [1.807, 2.05) is 0 Å². The third kappa shape index (κ3) is 24.8. The van der Waals surface area contributed by atoms with Crippen LogP contribution in [0, 0.1) is 12.3 Å². The van der Waals surface area contributed by atoms with E-state index >= 15 is 0 Å². The van der Waals surface area contributed by atoms with Gasteiger partial charge < -0.3 is 9.84 Å². The summed E-state index contributed by atoms with van der Waals surface area (Å²) in [4.78, 5) is 9.38. The van der Waals surface area contributed by atoms with E-state index in [-0.39, 0.29) is 6.61 Å². The highest BCUT2D eigenvalue weighted by molar-refractivity contribution is 5.56. The smallest absolute Gasteiger partial charge is 0.450 e. The van der Waals surface area contributed by atoms with E-state index < -0.39 is 6.16 Å². The van der Waals surface area contributed by atoms with Gasteiger partial charge in [0.1, 0.15) is 0 Å². The molecule has 0 spiro atoms. The molecule has 0 aliphatic heterocycles. The van der Waals surface area contributed by atoms with Crippen molar-refractivity contribution >= 4 is 6.16 Å². The Hall–Kier alpha value is -1.17. The second-order valence-corrected chi connectivity index (χ2v) is 2.36. The van der Waals surface area contributed by atoms with Crippen LogP contribution in [-0.4, -0.2) is 17.9 Å². The molecule has 0 fully saturated rings. The minimum Gasteiger partial charge on any atom is -0.450 e. The Morgan fingerprint density at radius 2 is 2.08 bits per heavy atom. The van der Waals surface area contributed by atoms with Crippen LogP contribution in [0.15, 0.2) is 0 Å². The largest absolute Gasteiger partial charge is 0.505 e. The van der Waals surface area contributed by atoms with E-state index in [4.69, 9.17) is 11.5 Å². The zero-order valence-electron chi connectivity index (χ0n) is 8.38. The number of carboxylic acid groups (broad SMARTS) is 1. The van der Waals surface area contributed by atoms with Gasteiger partial charge in [-0.1, -0.05) is 19.8 Å². The van der Waals surface area contributed by atoms with Crippen molar-refractivity contribution in [3.8, 4) is 12.3 Å². The summed E-state index contributed by atoms with van der Waals surface area (Å²) in [5.41, 5.74) is 0. The van der Waals surface area contributed by atoms with Gasteiger partial charge in [-0.25, -0.2) is 4.79 Å². The van der Waals surface area contributed by atoms with Crippen LogP contribution >= 0.6 is 0 Å². The van der Waals surface area contributed by atoms with Crippen molar-refractivity contribution < 1.29 is 14.6 Å². The van der Waals surface area contributed by atoms with Crippen molar-refractivity contribution in [2.75, 3.05) is 6.61 Å². The fraction of sp³-hybridized carbons (Fsp3) is 0.700. The van der Waals surface area contributed by atoms with Gasteiger partial charge in [0.15, 0.2) is 0 Å². The predicted octanol–water partition coefficient (Wildman–Crippen LogP) is 2.90. The Morgan fingerprint density at radius 1 is 1.46 bits per heavy atom. The van der Waals surface area contributed by atoms with Crippen molar-refractivity contribution in [3.05, 3.63) is 0 Å². The highest BCUT2D eigenvalue weighted by Gasteiger charge is 1.86. The normalized spacial score (nSPS) is 7.77. The second kappa shape index (κ2) is 13.4. The molecule has 76 valence electrons. The minimum atomic E-state index is -1.21. The molecule has 0 unspecified atom stereocenters. The fourth-order valence-electron chi connectivity index (χ4n) is 0.601. The molecule has 0 atom stereocenters. The molecule has 0 rings (SSSR count). The maximum absolute atomic E-state index is 9.38. The average molecular weight is 186 g/mol. The second-order valence-electron chi connectivity index (χ2n) is 2.36. The first-order valence-corrected chi connectivity index (χ1v) is 4.48. The molecule has 3 heteroatoms. The zero-order chi connectivity index (χ0) is 10.5. The molecule has 0 amide bonds. The van der Waals surface area contributed by atoms with Crippen molar-refractivity contribution in [2.45, 2.75) is 39.5 Å². The Bertz CT molecular complexity index is 147. The number of ether oxygens (including phenoxy) is 1. The average Bonchev–Trinajstić information content (AvgIpc) is 2.06. The molecule has 0 saturated carbocycles. The van der Waals surface area contributed by atoms with Gasteiger partial charge in [0, 0.05) is 6.42 Å². The highest BCUT2D eigenvalue weighted by atomic mass is 16.7. The summed E-state index contributed by atoms with van der Waals surface area (Å²) < 4.78 is 3.96. The van der Waals surface area contributed by atoms with Crippen LogP contribution in [0.3, 0.4) is 0 Å². The van der Waals surface area contributed by atoms with Crippen LogP contribution in [0.1, 0.15) is 39.5 Å². The molecule has 3 nitrogen and oxygen atoms in total. The van der Waals surface area contributed by atoms with Crippen LogP contribution in [0.4, 0.5) is 4.79 Å². The molecule has 0 heterocycles. The Morgan fingerprint density at radius 3 is 2.31 bits per heavy atom. The quantitative estimate of drug-likeness (QED) is 0.417. The topological polar surface area (TPSA) is 46.5 Å². The molecule has 0 aliphatic rings. The van der Waals surface area contributed by atoms with Gasteiger partial charge in [-0.2, -0.15) is 0 Å². The first-order chi connectivity index (χ1) is 6.18. The Kier molecular flexibility index (Phi) is 14.8. The third-order valence-electron chi connectivity index (χ3n) is 1.19. The number of carbonyl (C=O) groups is 1. The Labute approximate surface area is 80.1 Å². The van der Waals surface area contributed by atoms with E-state index in [2.05, 4.69) is 17.6 Å². The lowest BCUT2D eigenvalue weighted by Gasteiger charge is -1.87. The lowest BCUT2D eigenvalue weighted by Crippen LogP contribution is -1.97. The summed E-state index contributed by atoms with van der Waals surface area (Å²) in [6, 6.07) is 0. The molecule has 0 bridgehead atoms. The summed E-state index contributed by atoms with van der Waals surface area (Å²) in [5, 5.41) is 7.69. The van der Waals surface area contributed by atoms with Gasteiger partial charge in [-0.05, 0) is 13.3 Å². The maximum atomic E-state index is 9.38. The van der Waals surface area contributed by atoms with Crippen molar-refractivity contribution in [1.29, 1.82) is 0 Å². The third-order valence-corrected chi connectivity index (χ3v) is 1.19. The summed E-state index contributed by atoms with van der Waals surface area (Å²) >= 11 is 0. The first kappa shape index (κ1) is 14.4. The minimum absolute atomic E-state index is 0.231. The van der Waals surface area contributed by atoms with Gasteiger partial charge in [-0.3, -0.25) is 0 Å². The monoisotopic (exact) mass is 186 g/mol. The number of terminal acetylenes is 1. The lowest BCUT2D eigenvalue weighted by atomic mass is 10.2. The SMILES string of the molecule is C#CCCCCC.CCOC(=O)O. The van der Waals surface area contributed by atoms with Crippen LogP contribution in [0.25, 0.3) is 0 Å². The lowest BCUT2D eigenvalue weighted by molar-refractivity contribution is 0.0966. The molecular formula is C10H18O3. The van der Waals surface area contributed by atoms with Gasteiger partial charge in [0.05, 0.1) is 6.61 Å². The fourth-order valence-corrected chi connectivity index (χ4v) is 0.601. The van der Waals surface area contributed by atoms with Crippen molar-refractivity contribution in [2.24, 2.45) is 0 Å². The molecule has 0 aromatic carbocycles. The van der Waals surface area contributed by atoms with Gasteiger partial charge in [0.25, 0.3) is 0 Å². The molecule has 0 aliphatic carbocycles. The zero-order valence-corrected chi connectivity index (χ0v) is 8.38. The van der Waals surface area contributed by atoms with E-state index in [1.165, 1.54) is 19.3 Å². The Balaban J connectivity index is 0. The van der Waals surface area contributed by atoms with Crippen LogP contribution < -0.4 is 0 Å². The van der Waals surface area contributed by atoms with E-state index in [1.54, 1.807) is 6.92 Å². The summed E-state index contributed by atoms with van der Waals surface area (Å²) in [6.07, 6.45) is 8.51. The summed E-state index contributed by atoms with van der Waals surface area (Å²) in [5.74, 6) is 2.60. The molecule has 0 aromatic heterocycles. The van der Waals surface area contributed by atoms with Crippen LogP contribution in [0.5, 0.6) is 0 Å². The van der Waals surface area contributed by atoms with E-state index in [0.29, 0.717) is 0 Å². The maximum Gasteiger partial charge on any atom is 0.505 e. The number of unbranched alkanes of at least 4 members (excludes halogenated alkanes) is 3. The van der Waals surface area contributed by atoms with Gasteiger partial charge in [-0.15, -0.1) is 12.3 Å². The number of hydrogen-bond donors (Lipinski definition) is 1. The van der Waals surface area contributed by atoms with Crippen molar-refractivity contribution in [3.63, 3.8) is 0 Å². The van der Waals surface area contributed by atoms with E-state index in [0.717, 1.165) is 6.42 Å².